The summed E-state index contributed by atoms with van der Waals surface area (Å²) in [5, 5.41) is 9.25. The monoisotopic (exact) mass is 158 g/mol. The SMILES string of the molecule is CCC[C@@](C)(CO)C(C)(C)C. The normalized spacial score (nSPS) is 18.0. The quantitative estimate of drug-likeness (QED) is 0.669. The molecule has 68 valence electrons. The molecule has 0 spiro atoms. The Kier molecular flexibility index (Phi) is 3.56. The first-order valence-electron chi connectivity index (χ1n) is 4.48. The first kappa shape index (κ1) is 11.0. The van der Waals surface area contributed by atoms with Gasteiger partial charge in [0.05, 0.1) is 0 Å². The number of hydrogen-bond donors (Lipinski definition) is 1. The molecule has 0 amide bonds. The maximum atomic E-state index is 9.25. The van der Waals surface area contributed by atoms with E-state index in [9.17, 15) is 5.11 Å². The maximum Gasteiger partial charge on any atom is 0.0489 e. The average Bonchev–Trinajstić information content (AvgIpc) is 1.86. The molecule has 0 aliphatic rings. The molecule has 0 saturated heterocycles. The Hall–Kier alpha value is -0.0400. The van der Waals surface area contributed by atoms with Gasteiger partial charge in [0.2, 0.25) is 0 Å². The predicted molar refractivity (Wildman–Crippen MR) is 49.6 cm³/mol. The van der Waals surface area contributed by atoms with Crippen LogP contribution in [-0.4, -0.2) is 11.7 Å². The third kappa shape index (κ3) is 2.48. The van der Waals surface area contributed by atoms with Crippen molar-refractivity contribution in [3.8, 4) is 0 Å². The molecular weight excluding hydrogens is 136 g/mol. The van der Waals surface area contributed by atoms with Crippen LogP contribution in [-0.2, 0) is 0 Å². The molecule has 0 bridgehead atoms. The first-order chi connectivity index (χ1) is 4.87. The van der Waals surface area contributed by atoms with Crippen molar-refractivity contribution in [3.63, 3.8) is 0 Å². The van der Waals surface area contributed by atoms with E-state index in [1.807, 2.05) is 0 Å². The minimum Gasteiger partial charge on any atom is -0.396 e. The van der Waals surface area contributed by atoms with Gasteiger partial charge in [-0.3, -0.25) is 0 Å². The molecule has 0 radical (unpaired) electrons. The summed E-state index contributed by atoms with van der Waals surface area (Å²) in [6.07, 6.45) is 2.25. The molecule has 0 fully saturated rings. The van der Waals surface area contributed by atoms with Gasteiger partial charge < -0.3 is 5.11 Å². The summed E-state index contributed by atoms with van der Waals surface area (Å²) in [4.78, 5) is 0. The number of rotatable bonds is 3. The van der Waals surface area contributed by atoms with Gasteiger partial charge in [0.15, 0.2) is 0 Å². The van der Waals surface area contributed by atoms with Gasteiger partial charge in [0.1, 0.15) is 0 Å². The molecule has 1 atom stereocenters. The summed E-state index contributed by atoms with van der Waals surface area (Å²) in [7, 11) is 0. The van der Waals surface area contributed by atoms with Gasteiger partial charge in [0.25, 0.3) is 0 Å². The standard InChI is InChI=1S/C10H22O/c1-6-7-10(5,8-11)9(2,3)4/h11H,6-8H2,1-5H3/t10-/m0/s1. The summed E-state index contributed by atoms with van der Waals surface area (Å²) in [5.74, 6) is 0. The zero-order valence-electron chi connectivity index (χ0n) is 8.57. The predicted octanol–water partition coefficient (Wildman–Crippen LogP) is 2.83. The maximum absolute atomic E-state index is 9.25. The highest BCUT2D eigenvalue weighted by Crippen LogP contribution is 2.41. The minimum absolute atomic E-state index is 0.0851. The second-order valence-corrected chi connectivity index (χ2v) is 4.72. The van der Waals surface area contributed by atoms with Crippen LogP contribution in [0.2, 0.25) is 0 Å². The summed E-state index contributed by atoms with van der Waals surface area (Å²) in [6.45, 7) is 11.2. The summed E-state index contributed by atoms with van der Waals surface area (Å²) < 4.78 is 0. The molecule has 0 heterocycles. The Bertz CT molecular complexity index is 113. The lowest BCUT2D eigenvalue weighted by Gasteiger charge is -2.40. The van der Waals surface area contributed by atoms with E-state index in [-0.39, 0.29) is 10.8 Å². The van der Waals surface area contributed by atoms with Crippen LogP contribution in [0.15, 0.2) is 0 Å². The Balaban J connectivity index is 4.33. The molecule has 0 saturated carbocycles. The topological polar surface area (TPSA) is 20.2 Å². The van der Waals surface area contributed by atoms with Gasteiger partial charge in [-0.15, -0.1) is 0 Å². The van der Waals surface area contributed by atoms with E-state index in [0.717, 1.165) is 12.8 Å². The number of aliphatic hydroxyl groups excluding tert-OH is 1. The van der Waals surface area contributed by atoms with E-state index in [0.29, 0.717) is 6.61 Å². The van der Waals surface area contributed by atoms with Crippen LogP contribution in [0.3, 0.4) is 0 Å². The summed E-state index contributed by atoms with van der Waals surface area (Å²) in [5.41, 5.74) is 0.291. The smallest absolute Gasteiger partial charge is 0.0489 e. The summed E-state index contributed by atoms with van der Waals surface area (Å²) >= 11 is 0. The van der Waals surface area contributed by atoms with E-state index in [2.05, 4.69) is 34.6 Å². The molecule has 0 unspecified atom stereocenters. The third-order valence-electron chi connectivity index (χ3n) is 2.96. The molecule has 0 aromatic carbocycles. The lowest BCUT2D eigenvalue weighted by molar-refractivity contribution is 0.0238. The van der Waals surface area contributed by atoms with Crippen molar-refractivity contribution in [3.05, 3.63) is 0 Å². The Morgan fingerprint density at radius 1 is 1.09 bits per heavy atom. The van der Waals surface area contributed by atoms with E-state index < -0.39 is 0 Å². The van der Waals surface area contributed by atoms with Crippen LogP contribution in [0.5, 0.6) is 0 Å². The molecule has 1 nitrogen and oxygen atoms in total. The fourth-order valence-corrected chi connectivity index (χ4v) is 1.24. The van der Waals surface area contributed by atoms with Gasteiger partial charge in [-0.2, -0.15) is 0 Å². The van der Waals surface area contributed by atoms with Crippen LogP contribution in [0.4, 0.5) is 0 Å². The van der Waals surface area contributed by atoms with E-state index in [1.54, 1.807) is 0 Å². The molecule has 0 aliphatic carbocycles. The van der Waals surface area contributed by atoms with Crippen LogP contribution in [0.1, 0.15) is 47.5 Å². The molecule has 0 rings (SSSR count). The van der Waals surface area contributed by atoms with Crippen molar-refractivity contribution in [2.24, 2.45) is 10.8 Å². The minimum atomic E-state index is 0.0851. The lowest BCUT2D eigenvalue weighted by Crippen LogP contribution is -2.36. The van der Waals surface area contributed by atoms with Gasteiger partial charge in [-0.05, 0) is 17.3 Å². The highest BCUT2D eigenvalue weighted by molar-refractivity contribution is 4.85. The van der Waals surface area contributed by atoms with Crippen LogP contribution >= 0.6 is 0 Å². The van der Waals surface area contributed by atoms with Crippen LogP contribution < -0.4 is 0 Å². The Morgan fingerprint density at radius 2 is 1.55 bits per heavy atom. The zero-order valence-corrected chi connectivity index (χ0v) is 8.57. The van der Waals surface area contributed by atoms with Gasteiger partial charge in [-0.1, -0.05) is 41.0 Å². The first-order valence-corrected chi connectivity index (χ1v) is 4.48. The van der Waals surface area contributed by atoms with E-state index in [1.165, 1.54) is 0 Å². The average molecular weight is 158 g/mol. The van der Waals surface area contributed by atoms with Crippen molar-refractivity contribution in [2.45, 2.75) is 47.5 Å². The lowest BCUT2D eigenvalue weighted by atomic mass is 9.66. The van der Waals surface area contributed by atoms with Gasteiger partial charge in [-0.25, -0.2) is 0 Å². The van der Waals surface area contributed by atoms with Crippen molar-refractivity contribution >= 4 is 0 Å². The van der Waals surface area contributed by atoms with Crippen molar-refractivity contribution in [1.29, 1.82) is 0 Å². The second-order valence-electron chi connectivity index (χ2n) is 4.72. The summed E-state index contributed by atoms with van der Waals surface area (Å²) in [6, 6.07) is 0. The molecule has 11 heavy (non-hydrogen) atoms. The molecule has 1 heteroatoms. The van der Waals surface area contributed by atoms with Gasteiger partial charge >= 0.3 is 0 Å². The Morgan fingerprint density at radius 3 is 1.64 bits per heavy atom. The van der Waals surface area contributed by atoms with E-state index in [4.69, 9.17) is 0 Å². The van der Waals surface area contributed by atoms with Crippen molar-refractivity contribution < 1.29 is 5.11 Å². The molecular formula is C10H22O. The van der Waals surface area contributed by atoms with Crippen LogP contribution in [0, 0.1) is 10.8 Å². The highest BCUT2D eigenvalue weighted by atomic mass is 16.3. The fraction of sp³-hybridized carbons (Fsp3) is 1.00. The number of hydrogen-bond acceptors (Lipinski definition) is 1. The molecule has 0 aliphatic heterocycles. The second kappa shape index (κ2) is 3.57. The molecule has 0 aromatic rings. The van der Waals surface area contributed by atoms with E-state index >= 15 is 0 Å². The molecule has 0 aromatic heterocycles. The van der Waals surface area contributed by atoms with Crippen molar-refractivity contribution in [1.82, 2.24) is 0 Å². The van der Waals surface area contributed by atoms with Crippen molar-refractivity contribution in [2.75, 3.05) is 6.61 Å². The molecule has 1 N–H and O–H groups in total. The number of aliphatic hydroxyl groups is 1. The van der Waals surface area contributed by atoms with Crippen LogP contribution in [0.25, 0.3) is 0 Å². The highest BCUT2D eigenvalue weighted by Gasteiger charge is 2.35. The zero-order chi connectivity index (χ0) is 9.12. The fourth-order valence-electron chi connectivity index (χ4n) is 1.24. The third-order valence-corrected chi connectivity index (χ3v) is 2.96. The van der Waals surface area contributed by atoms with Gasteiger partial charge in [0, 0.05) is 6.61 Å². The largest absolute Gasteiger partial charge is 0.396 e. The Labute approximate surface area is 70.8 Å².